The van der Waals surface area contributed by atoms with Gasteiger partial charge in [-0.15, -0.1) is 0 Å². The van der Waals surface area contributed by atoms with Crippen molar-refractivity contribution in [2.75, 3.05) is 35.5 Å². The molecule has 0 spiro atoms. The summed E-state index contributed by atoms with van der Waals surface area (Å²) in [5, 5.41) is 23.4. The Balaban J connectivity index is 0.00000119. The van der Waals surface area contributed by atoms with Gasteiger partial charge in [-0.2, -0.15) is 23.9 Å². The van der Waals surface area contributed by atoms with E-state index >= 15 is 0 Å². The standard InChI is InChI=1S/C31H43N3O4.H3NO3S/c1-33-34-26(16-13-23-10-7-6-8-11-23)12-9-19-31(22-32,24-14-17-27(35-2)29(20-24)37-4)25-15-18-28(36-3)30(21-25)38-5;1-5(2,3)4/h14-15,17-18,20-21,23,26H,6-13,16,19H2,1-5H3;(H3,1,2,3,4). The zero-order valence-corrected chi connectivity index (χ0v) is 26.7. The summed E-state index contributed by atoms with van der Waals surface area (Å²) in [6, 6.07) is 14.3. The van der Waals surface area contributed by atoms with Crippen molar-refractivity contribution in [3.63, 3.8) is 0 Å². The predicted octanol–water partition coefficient (Wildman–Crippen LogP) is 6.26. The summed E-state index contributed by atoms with van der Waals surface area (Å²) in [6.07, 6.45) is 11.3. The fourth-order valence-electron chi connectivity index (χ4n) is 5.77. The van der Waals surface area contributed by atoms with Crippen LogP contribution in [0.3, 0.4) is 0 Å². The van der Waals surface area contributed by atoms with Crippen LogP contribution in [0.1, 0.15) is 75.3 Å². The molecule has 0 radical (unpaired) electrons. The molecule has 1 fully saturated rings. The second-order valence-electron chi connectivity index (χ2n) is 10.6. The van der Waals surface area contributed by atoms with E-state index in [4.69, 9.17) is 31.9 Å². The van der Waals surface area contributed by atoms with E-state index in [0.29, 0.717) is 29.4 Å². The van der Waals surface area contributed by atoms with Gasteiger partial charge >= 0.3 is 10.3 Å². The maximum Gasteiger partial charge on any atom is 0.330 e. The molecule has 2 aromatic rings. The summed E-state index contributed by atoms with van der Waals surface area (Å²) in [4.78, 5) is 0. The average Bonchev–Trinajstić information content (AvgIpc) is 3.01. The first-order chi connectivity index (χ1) is 20.5. The minimum atomic E-state index is -4.17. The van der Waals surface area contributed by atoms with Crippen molar-refractivity contribution in [3.05, 3.63) is 47.5 Å². The molecule has 3 N–H and O–H groups in total. The second kappa shape index (κ2) is 17.7. The van der Waals surface area contributed by atoms with Crippen LogP contribution in [-0.2, 0) is 15.7 Å². The Labute approximate surface area is 256 Å². The number of azo groups is 1. The Hall–Kier alpha value is -3.40. The van der Waals surface area contributed by atoms with Crippen molar-refractivity contribution in [1.82, 2.24) is 0 Å². The normalized spacial score (nSPS) is 14.7. The Morgan fingerprint density at radius 3 is 1.84 bits per heavy atom. The van der Waals surface area contributed by atoms with Gasteiger partial charge in [0.05, 0.1) is 40.6 Å². The number of ether oxygens (including phenoxy) is 4. The third-order valence-electron chi connectivity index (χ3n) is 7.94. The molecule has 0 aromatic heterocycles. The number of nitrogens with two attached hydrogens (primary N) is 1. The van der Waals surface area contributed by atoms with Crippen molar-refractivity contribution < 1.29 is 31.9 Å². The van der Waals surface area contributed by atoms with Crippen molar-refractivity contribution in [1.29, 1.82) is 5.26 Å². The zero-order valence-electron chi connectivity index (χ0n) is 25.9. The van der Waals surface area contributed by atoms with Crippen molar-refractivity contribution >= 4 is 10.3 Å². The van der Waals surface area contributed by atoms with Crippen LogP contribution in [0.25, 0.3) is 0 Å². The molecule has 0 bridgehead atoms. The lowest BCUT2D eigenvalue weighted by Crippen LogP contribution is -2.26. The Kier molecular flexibility index (Phi) is 14.7. The van der Waals surface area contributed by atoms with E-state index in [2.05, 4.69) is 21.4 Å². The van der Waals surface area contributed by atoms with Gasteiger partial charge in [-0.25, -0.2) is 5.14 Å². The number of benzene rings is 2. The number of hydrogen-bond acceptors (Lipinski definition) is 9. The SMILES string of the molecule is CN=NC(CCCC(C#N)(c1ccc(OC)c(OC)c1)c1ccc(OC)c(OC)c1)CCC1CCCCC1.NS(=O)(=O)O. The highest BCUT2D eigenvalue weighted by atomic mass is 32.2. The molecule has 1 atom stereocenters. The first kappa shape index (κ1) is 35.8. The molecule has 11 nitrogen and oxygen atoms in total. The second-order valence-corrected chi connectivity index (χ2v) is 11.6. The van der Waals surface area contributed by atoms with Crippen molar-refractivity contribution in [2.45, 2.75) is 75.7 Å². The number of methoxy groups -OCH3 is 4. The Bertz CT molecular complexity index is 1260. The van der Waals surface area contributed by atoms with Gasteiger partial charge in [0.25, 0.3) is 0 Å². The van der Waals surface area contributed by atoms with Gasteiger partial charge < -0.3 is 18.9 Å². The molecule has 43 heavy (non-hydrogen) atoms. The molecule has 0 heterocycles. The van der Waals surface area contributed by atoms with Gasteiger partial charge in [0.2, 0.25) is 0 Å². The van der Waals surface area contributed by atoms with Gasteiger partial charge in [-0.05, 0) is 73.4 Å². The van der Waals surface area contributed by atoms with E-state index in [-0.39, 0.29) is 6.04 Å². The van der Waals surface area contributed by atoms with E-state index in [0.717, 1.165) is 36.3 Å². The maximum atomic E-state index is 10.8. The van der Waals surface area contributed by atoms with Gasteiger partial charge in [0.15, 0.2) is 23.0 Å². The minimum absolute atomic E-state index is 0.175. The molecule has 1 unspecified atom stereocenters. The monoisotopic (exact) mass is 618 g/mol. The van der Waals surface area contributed by atoms with Crippen LogP contribution in [0.5, 0.6) is 23.0 Å². The van der Waals surface area contributed by atoms with E-state index in [9.17, 15) is 5.26 Å². The molecule has 3 rings (SSSR count). The summed E-state index contributed by atoms with van der Waals surface area (Å²) in [5.74, 6) is 3.25. The number of hydrogen-bond donors (Lipinski definition) is 2. The average molecular weight is 619 g/mol. The number of rotatable bonds is 14. The molecule has 1 aliphatic carbocycles. The van der Waals surface area contributed by atoms with Crippen LogP contribution in [0.4, 0.5) is 0 Å². The first-order valence-corrected chi connectivity index (χ1v) is 16.0. The maximum absolute atomic E-state index is 10.8. The van der Waals surface area contributed by atoms with Crippen LogP contribution in [0.15, 0.2) is 46.6 Å². The van der Waals surface area contributed by atoms with Gasteiger partial charge in [-0.1, -0.05) is 44.2 Å². The third kappa shape index (κ3) is 11.0. The van der Waals surface area contributed by atoms with Crippen LogP contribution in [0, 0.1) is 17.2 Å². The quantitative estimate of drug-likeness (QED) is 0.185. The third-order valence-corrected chi connectivity index (χ3v) is 7.94. The number of nitriles is 1. The molecule has 1 aliphatic rings. The van der Waals surface area contributed by atoms with Crippen molar-refractivity contribution in [3.8, 4) is 29.1 Å². The highest BCUT2D eigenvalue weighted by molar-refractivity contribution is 7.83. The molecular weight excluding hydrogens is 572 g/mol. The molecule has 2 aromatic carbocycles. The fourth-order valence-corrected chi connectivity index (χ4v) is 5.77. The largest absolute Gasteiger partial charge is 0.493 e. The smallest absolute Gasteiger partial charge is 0.330 e. The summed E-state index contributed by atoms with van der Waals surface area (Å²) in [5.41, 5.74) is 0.776. The van der Waals surface area contributed by atoms with Crippen LogP contribution >= 0.6 is 0 Å². The van der Waals surface area contributed by atoms with E-state index in [1.807, 2.05) is 36.4 Å². The zero-order chi connectivity index (χ0) is 31.9. The highest BCUT2D eigenvalue weighted by Gasteiger charge is 2.36. The highest BCUT2D eigenvalue weighted by Crippen LogP contribution is 2.43. The molecule has 0 saturated heterocycles. The Morgan fingerprint density at radius 2 is 1.42 bits per heavy atom. The van der Waals surface area contributed by atoms with Gasteiger partial charge in [0, 0.05) is 7.05 Å². The fraction of sp³-hybridized carbons (Fsp3) is 0.581. The minimum Gasteiger partial charge on any atom is -0.493 e. The molecule has 1 saturated carbocycles. The first-order valence-electron chi connectivity index (χ1n) is 14.5. The molecule has 238 valence electrons. The summed E-state index contributed by atoms with van der Waals surface area (Å²) in [7, 11) is 4.02. The van der Waals surface area contributed by atoms with Gasteiger partial charge in [-0.3, -0.25) is 4.55 Å². The van der Waals surface area contributed by atoms with E-state index in [1.54, 1.807) is 35.5 Å². The summed E-state index contributed by atoms with van der Waals surface area (Å²) >= 11 is 0. The number of nitrogens with zero attached hydrogens (tertiary/aromatic N) is 3. The predicted molar refractivity (Wildman–Crippen MR) is 165 cm³/mol. The van der Waals surface area contributed by atoms with Crippen molar-refractivity contribution in [2.24, 2.45) is 21.3 Å². The molecule has 12 heteroatoms. The lowest BCUT2D eigenvalue weighted by Gasteiger charge is -2.30. The van der Waals surface area contributed by atoms with Crippen LogP contribution in [0.2, 0.25) is 0 Å². The lowest BCUT2D eigenvalue weighted by atomic mass is 9.71. The van der Waals surface area contributed by atoms with E-state index in [1.165, 1.54) is 38.5 Å². The lowest BCUT2D eigenvalue weighted by molar-refractivity contribution is 0.317. The molecule has 0 aliphatic heterocycles. The summed E-state index contributed by atoms with van der Waals surface area (Å²) < 4.78 is 47.3. The van der Waals surface area contributed by atoms with Crippen LogP contribution < -0.4 is 24.1 Å². The van der Waals surface area contributed by atoms with E-state index < -0.39 is 15.7 Å². The topological polar surface area (TPSA) is 166 Å². The molecule has 0 amide bonds. The molecular formula is C31H46N4O7S. The summed E-state index contributed by atoms with van der Waals surface area (Å²) in [6.45, 7) is 0. The van der Waals surface area contributed by atoms with Crippen LogP contribution in [-0.4, -0.2) is 54.5 Å². The van der Waals surface area contributed by atoms with Gasteiger partial charge in [0.1, 0.15) is 5.41 Å². The Morgan fingerprint density at radius 1 is 0.930 bits per heavy atom.